The molecule has 3 aromatic rings. The Labute approximate surface area is 384 Å². The minimum Gasteiger partial charge on any atom is -0.458 e. The van der Waals surface area contributed by atoms with Gasteiger partial charge in [-0.25, -0.2) is 13.8 Å². The van der Waals surface area contributed by atoms with Crippen LogP contribution in [0.15, 0.2) is 78.9 Å². The van der Waals surface area contributed by atoms with Gasteiger partial charge in [0.25, 0.3) is 5.09 Å². The fourth-order valence-electron chi connectivity index (χ4n) is 10.3. The van der Waals surface area contributed by atoms with Crippen LogP contribution in [0.5, 0.6) is 0 Å². The van der Waals surface area contributed by atoms with E-state index in [0.29, 0.717) is 39.5 Å². The summed E-state index contributed by atoms with van der Waals surface area (Å²) >= 11 is 24.8. The van der Waals surface area contributed by atoms with Crippen molar-refractivity contribution >= 4 is 63.9 Å². The van der Waals surface area contributed by atoms with Crippen LogP contribution in [0.4, 0.5) is 8.78 Å². The lowest BCUT2D eigenvalue weighted by Gasteiger charge is -2.62. The maximum atomic E-state index is 17.1. The van der Waals surface area contributed by atoms with Crippen molar-refractivity contribution < 1.29 is 48.0 Å². The van der Waals surface area contributed by atoms with Gasteiger partial charge in [0.1, 0.15) is 18.9 Å². The van der Waals surface area contributed by atoms with Gasteiger partial charge in [0.05, 0.1) is 25.6 Å². The van der Waals surface area contributed by atoms with E-state index in [-0.39, 0.29) is 67.6 Å². The summed E-state index contributed by atoms with van der Waals surface area (Å²) < 4.78 is 45.8. The van der Waals surface area contributed by atoms with Gasteiger partial charge in [0.15, 0.2) is 17.2 Å². The van der Waals surface area contributed by atoms with Crippen molar-refractivity contribution in [1.82, 2.24) is 9.55 Å². The van der Waals surface area contributed by atoms with Crippen LogP contribution in [0.3, 0.4) is 0 Å². The van der Waals surface area contributed by atoms with Gasteiger partial charge in [0, 0.05) is 67.3 Å². The zero-order chi connectivity index (χ0) is 46.4. The smallest absolute Gasteiger partial charge is 0.306 e. The number of allylic oxidation sites excluding steroid dienone is 4. The number of ether oxygens (including phenoxy) is 2. The van der Waals surface area contributed by atoms with E-state index in [1.165, 1.54) is 18.2 Å². The first-order chi connectivity index (χ1) is 29.7. The number of alkyl halides is 2. The molecule has 2 N–H and O–H groups in total. The first kappa shape index (κ1) is 50.1. The van der Waals surface area contributed by atoms with Crippen LogP contribution < -0.4 is 0 Å². The number of aliphatic hydroxyl groups is 1. The molecule has 63 heavy (non-hydrogen) atoms. The quantitative estimate of drug-likeness (QED) is 0.101. The molecule has 2 aromatic carbocycles. The number of halogens is 6. The Kier molecular flexibility index (Phi) is 16.6. The van der Waals surface area contributed by atoms with Crippen LogP contribution in [0, 0.1) is 44.6 Å². The Hall–Kier alpha value is -3.92. The number of esters is 1. The molecule has 4 aliphatic carbocycles. The van der Waals surface area contributed by atoms with Crippen molar-refractivity contribution in [2.75, 3.05) is 6.61 Å². The van der Waals surface area contributed by atoms with Crippen LogP contribution in [-0.2, 0) is 37.0 Å². The number of unbranched alkanes of at least 4 members (excludes halogenated alkanes) is 1. The number of Topliss-reactive ketones (excluding diaryl/α,β-unsaturated/α-hetero) is 1. The first-order valence-corrected chi connectivity index (χ1v) is 22.1. The summed E-state index contributed by atoms with van der Waals surface area (Å²) in [7, 11) is 0. The van der Waals surface area contributed by atoms with E-state index >= 15 is 8.78 Å². The van der Waals surface area contributed by atoms with E-state index in [1.54, 1.807) is 49.8 Å². The number of nitrogens with zero attached hydrogens (tertiary/aromatic N) is 3. The standard InChI is InChI=1S/C27H36F2O5.C18H14Cl4N2O.HNO3/c1-5-6-7-23(33)34-14-21(31)24-15(2)10-17-18-12-20(28)19-11-16(30)8-9-26(19,4)27(18,29)22(32)13-25(17,24)3;19-12-4-5-13(17(22)8-12)18(9-24-7-6-23-11-24)25-10-14-15(20)2-1-3-16(14)21;2-1(3)4/h8-9,11,15,17-18,20,22,24,32H,5-7,10,12-14H2,1-4H3;1-8,11,18H,9-10H2;(H,2,3,4)/t15-,17+,18+,20+,22+,24-,25+,26+,27?;;/m1../s1. The van der Waals surface area contributed by atoms with Crippen LogP contribution in [0.2, 0.25) is 20.1 Å². The topological polar surface area (TPSA) is 171 Å². The van der Waals surface area contributed by atoms with Crippen molar-refractivity contribution in [2.24, 2.45) is 34.5 Å². The first-order valence-electron chi connectivity index (χ1n) is 20.6. The number of benzene rings is 2. The molecule has 3 saturated carbocycles. The van der Waals surface area contributed by atoms with Gasteiger partial charge in [-0.15, -0.1) is 10.1 Å². The Morgan fingerprint density at radius 2 is 1.78 bits per heavy atom. The van der Waals surface area contributed by atoms with Crippen molar-refractivity contribution in [1.29, 1.82) is 0 Å². The molecule has 0 saturated heterocycles. The lowest BCUT2D eigenvalue weighted by Crippen LogP contribution is -2.68. The molecule has 2 unspecified atom stereocenters. The Bertz CT molecular complexity index is 2190. The van der Waals surface area contributed by atoms with Gasteiger partial charge < -0.3 is 24.4 Å². The average molecular weight is 958 g/mol. The molecule has 0 aliphatic heterocycles. The summed E-state index contributed by atoms with van der Waals surface area (Å²) in [6.45, 7) is 7.84. The highest BCUT2D eigenvalue weighted by atomic mass is 35.5. The molecule has 1 heterocycles. The van der Waals surface area contributed by atoms with E-state index in [9.17, 15) is 19.5 Å². The number of aliphatic hydroxyl groups excluding tert-OH is 1. The fourth-order valence-corrected chi connectivity index (χ4v) is 11.4. The molecular formula is C45H51Cl4F2N3O9. The summed E-state index contributed by atoms with van der Waals surface area (Å²) in [6, 6.07) is 10.7. The predicted octanol–water partition coefficient (Wildman–Crippen LogP) is 10.6. The third kappa shape index (κ3) is 10.8. The molecule has 1 aromatic heterocycles. The predicted molar refractivity (Wildman–Crippen MR) is 234 cm³/mol. The van der Waals surface area contributed by atoms with Crippen LogP contribution in [-0.4, -0.2) is 67.0 Å². The Morgan fingerprint density at radius 3 is 2.40 bits per heavy atom. The molecule has 0 bridgehead atoms. The average Bonchev–Trinajstić information content (AvgIpc) is 3.82. The highest BCUT2D eigenvalue weighted by Crippen LogP contribution is 2.70. The van der Waals surface area contributed by atoms with E-state index in [0.717, 1.165) is 17.5 Å². The number of rotatable bonds is 12. The van der Waals surface area contributed by atoms with Gasteiger partial charge >= 0.3 is 5.97 Å². The number of hydrogen-bond acceptors (Lipinski definition) is 9. The number of carbonyl (C=O) groups is 3. The normalized spacial score (nSPS) is 29.6. The number of aromatic nitrogens is 2. The second kappa shape index (κ2) is 20.9. The lowest BCUT2D eigenvalue weighted by atomic mass is 9.45. The number of fused-ring (bicyclic) bond motifs is 5. The van der Waals surface area contributed by atoms with Gasteiger partial charge in [-0.1, -0.05) is 91.8 Å². The van der Waals surface area contributed by atoms with E-state index < -0.39 is 51.7 Å². The molecule has 18 heteroatoms. The molecule has 0 radical (unpaired) electrons. The molecule has 3 fully saturated rings. The SMILES string of the molecule is CCCCC(=O)OCC(=O)[C@H]1[C@H](C)C[C@H]2[C@@H]3C[C@H](F)C4=CC(=O)C=C[C@]4(C)C3(F)[C@@H](O)C[C@@]21C.Clc1ccc(C(Cn2ccnc2)OCc2c(Cl)cccc2Cl)c(Cl)c1.O=[N+]([O-])O. The minimum absolute atomic E-state index is 0.0524. The van der Waals surface area contributed by atoms with Crippen molar-refractivity contribution in [3.63, 3.8) is 0 Å². The zero-order valence-corrected chi connectivity index (χ0v) is 38.2. The number of imidazole rings is 1. The number of hydrogen-bond donors (Lipinski definition) is 2. The third-order valence-corrected chi connectivity index (χ3v) is 14.4. The Morgan fingerprint density at radius 1 is 1.10 bits per heavy atom. The van der Waals surface area contributed by atoms with Gasteiger partial charge in [-0.2, -0.15) is 0 Å². The molecule has 342 valence electrons. The molecule has 0 amide bonds. The summed E-state index contributed by atoms with van der Waals surface area (Å²) in [5.74, 6) is -2.75. The third-order valence-electron chi connectivity index (χ3n) is 13.2. The van der Waals surface area contributed by atoms with Crippen LogP contribution >= 0.6 is 46.4 Å². The monoisotopic (exact) mass is 955 g/mol. The summed E-state index contributed by atoms with van der Waals surface area (Å²) in [6.07, 6.45) is 8.19. The minimum atomic E-state index is -2.15. The van der Waals surface area contributed by atoms with E-state index in [4.69, 9.17) is 71.2 Å². The van der Waals surface area contributed by atoms with Crippen LogP contribution in [0.1, 0.15) is 83.5 Å². The van der Waals surface area contributed by atoms with Crippen molar-refractivity contribution in [2.45, 2.75) is 103 Å². The van der Waals surface area contributed by atoms with Crippen molar-refractivity contribution in [3.8, 4) is 0 Å². The lowest BCUT2D eigenvalue weighted by molar-refractivity contribution is -0.742. The molecule has 12 nitrogen and oxygen atoms in total. The van der Waals surface area contributed by atoms with E-state index in [2.05, 4.69) is 4.98 Å². The van der Waals surface area contributed by atoms with Gasteiger partial charge in [-0.05, 0) is 91.8 Å². The maximum Gasteiger partial charge on any atom is 0.306 e. The maximum absolute atomic E-state index is 17.1. The van der Waals surface area contributed by atoms with Gasteiger partial charge in [-0.3, -0.25) is 14.4 Å². The molecule has 4 aliphatic rings. The highest BCUT2D eigenvalue weighted by Gasteiger charge is 2.73. The molecule has 0 spiro atoms. The second-order valence-electron chi connectivity index (χ2n) is 17.0. The summed E-state index contributed by atoms with van der Waals surface area (Å²) in [4.78, 5) is 49.5. The Balaban J connectivity index is 0.000000227. The largest absolute Gasteiger partial charge is 0.458 e. The van der Waals surface area contributed by atoms with E-state index in [1.807, 2.05) is 37.6 Å². The molecule has 10 atom stereocenters. The molecule has 7 rings (SSSR count). The number of carbonyl (C=O) groups excluding carboxylic acids is 3. The zero-order valence-electron chi connectivity index (χ0n) is 35.2. The summed E-state index contributed by atoms with van der Waals surface area (Å²) in [5.41, 5.74) is -2.64. The van der Waals surface area contributed by atoms with Crippen molar-refractivity contribution in [3.05, 3.63) is 120 Å². The number of ketones is 2. The summed E-state index contributed by atoms with van der Waals surface area (Å²) in [5, 5.41) is 27.2. The van der Waals surface area contributed by atoms with Crippen LogP contribution in [0.25, 0.3) is 0 Å². The highest BCUT2D eigenvalue weighted by molar-refractivity contribution is 6.36. The second-order valence-corrected chi connectivity index (χ2v) is 18.7. The molecular weight excluding hydrogens is 906 g/mol. The van der Waals surface area contributed by atoms with Gasteiger partial charge in [0.2, 0.25) is 0 Å². The fraction of sp³-hybridized carbons (Fsp3) is 0.511.